The van der Waals surface area contributed by atoms with Crippen LogP contribution in [0.3, 0.4) is 0 Å². The lowest BCUT2D eigenvalue weighted by Gasteiger charge is -2.11. The summed E-state index contributed by atoms with van der Waals surface area (Å²) in [6.07, 6.45) is 3.46. The number of rotatable bonds is 7. The lowest BCUT2D eigenvalue weighted by atomic mass is 10.1. The molecule has 0 aromatic heterocycles. The molecule has 3 N–H and O–H groups in total. The first-order chi connectivity index (χ1) is 9.67. The van der Waals surface area contributed by atoms with Crippen molar-refractivity contribution in [3.63, 3.8) is 0 Å². The van der Waals surface area contributed by atoms with E-state index in [0.717, 1.165) is 24.8 Å². The number of benzene rings is 1. The molecule has 0 saturated carbocycles. The first kappa shape index (κ1) is 16.0. The topological polar surface area (TPSA) is 70.2 Å². The van der Waals surface area contributed by atoms with Gasteiger partial charge < -0.3 is 16.0 Å². The Labute approximate surface area is 120 Å². The second-order valence-corrected chi connectivity index (χ2v) is 4.60. The summed E-state index contributed by atoms with van der Waals surface area (Å²) in [6.45, 7) is 2.78. The first-order valence-electron chi connectivity index (χ1n) is 7.00. The van der Waals surface area contributed by atoms with Crippen molar-refractivity contribution in [3.8, 4) is 0 Å². The molecule has 5 nitrogen and oxygen atoms in total. The molecule has 3 amide bonds. The fourth-order valence-electron chi connectivity index (χ4n) is 1.80. The van der Waals surface area contributed by atoms with Gasteiger partial charge in [-0.15, -0.1) is 0 Å². The van der Waals surface area contributed by atoms with Crippen LogP contribution in [0.2, 0.25) is 0 Å². The maximum Gasteiger partial charge on any atom is 0.319 e. The number of anilines is 1. The molecule has 0 radical (unpaired) electrons. The molecule has 5 heteroatoms. The Morgan fingerprint density at radius 3 is 2.60 bits per heavy atom. The zero-order valence-corrected chi connectivity index (χ0v) is 12.2. The van der Waals surface area contributed by atoms with Crippen molar-refractivity contribution in [2.24, 2.45) is 0 Å². The van der Waals surface area contributed by atoms with Gasteiger partial charge in [-0.25, -0.2) is 4.79 Å². The Bertz CT molecular complexity index is 446. The van der Waals surface area contributed by atoms with E-state index in [4.69, 9.17) is 0 Å². The number of para-hydroxylation sites is 1. The molecule has 0 heterocycles. The van der Waals surface area contributed by atoms with Crippen molar-refractivity contribution in [3.05, 3.63) is 29.8 Å². The molecule has 1 aromatic rings. The largest absolute Gasteiger partial charge is 0.359 e. The Hall–Kier alpha value is -2.04. The highest BCUT2D eigenvalue weighted by Gasteiger charge is 2.08. The van der Waals surface area contributed by atoms with Gasteiger partial charge in [-0.1, -0.05) is 38.0 Å². The van der Waals surface area contributed by atoms with E-state index in [2.05, 4.69) is 22.9 Å². The number of nitrogens with one attached hydrogen (secondary N) is 3. The molecule has 0 bridgehead atoms. The van der Waals surface area contributed by atoms with Crippen molar-refractivity contribution >= 4 is 17.6 Å². The second kappa shape index (κ2) is 8.96. The van der Waals surface area contributed by atoms with E-state index in [-0.39, 0.29) is 18.4 Å². The van der Waals surface area contributed by atoms with Crippen LogP contribution in [0, 0.1) is 0 Å². The summed E-state index contributed by atoms with van der Waals surface area (Å²) in [5, 5.41) is 8.17. The van der Waals surface area contributed by atoms with E-state index in [1.807, 2.05) is 18.2 Å². The summed E-state index contributed by atoms with van der Waals surface area (Å²) in [7, 11) is 1.60. The number of carbonyl (C=O) groups is 2. The van der Waals surface area contributed by atoms with Crippen LogP contribution in [0.4, 0.5) is 10.5 Å². The van der Waals surface area contributed by atoms with Crippen molar-refractivity contribution in [2.45, 2.75) is 32.6 Å². The lowest BCUT2D eigenvalue weighted by Crippen LogP contribution is -2.30. The molecular weight excluding hydrogens is 254 g/mol. The number of hydrogen-bond acceptors (Lipinski definition) is 2. The Kier molecular flexibility index (Phi) is 7.17. The first-order valence-corrected chi connectivity index (χ1v) is 7.00. The quantitative estimate of drug-likeness (QED) is 0.669. The van der Waals surface area contributed by atoms with Crippen molar-refractivity contribution < 1.29 is 9.59 Å². The highest BCUT2D eigenvalue weighted by Crippen LogP contribution is 2.15. The summed E-state index contributed by atoms with van der Waals surface area (Å²) in [5.74, 6) is -0.0809. The minimum atomic E-state index is -0.231. The zero-order chi connectivity index (χ0) is 14.8. The van der Waals surface area contributed by atoms with E-state index in [1.165, 1.54) is 0 Å². The minimum absolute atomic E-state index is 0.0809. The van der Waals surface area contributed by atoms with Crippen molar-refractivity contribution in [1.29, 1.82) is 0 Å². The molecule has 0 aliphatic heterocycles. The van der Waals surface area contributed by atoms with Gasteiger partial charge in [-0.3, -0.25) is 4.79 Å². The van der Waals surface area contributed by atoms with E-state index in [0.29, 0.717) is 12.2 Å². The third-order valence-electron chi connectivity index (χ3n) is 2.96. The number of amides is 3. The second-order valence-electron chi connectivity index (χ2n) is 4.60. The maximum atomic E-state index is 11.8. The van der Waals surface area contributed by atoms with Gasteiger partial charge in [-0.2, -0.15) is 0 Å². The number of unbranched alkanes of at least 4 members (excludes halogenated alkanes) is 2. The third-order valence-corrected chi connectivity index (χ3v) is 2.96. The van der Waals surface area contributed by atoms with Gasteiger partial charge >= 0.3 is 6.03 Å². The Balaban J connectivity index is 2.53. The van der Waals surface area contributed by atoms with Gasteiger partial charge in [0, 0.05) is 19.3 Å². The van der Waals surface area contributed by atoms with Crippen molar-refractivity contribution in [2.75, 3.05) is 18.9 Å². The summed E-state index contributed by atoms with van der Waals surface area (Å²) in [6, 6.07) is 7.08. The predicted octanol–water partition coefficient (Wildman–Crippen LogP) is 2.29. The fraction of sp³-hybridized carbons (Fsp3) is 0.467. The van der Waals surface area contributed by atoms with E-state index in [1.54, 1.807) is 13.1 Å². The van der Waals surface area contributed by atoms with Crippen LogP contribution >= 0.6 is 0 Å². The SMILES string of the molecule is CCCCCNC(=O)Nc1ccccc1CC(=O)NC. The molecule has 1 aromatic carbocycles. The number of hydrogen-bond donors (Lipinski definition) is 3. The van der Waals surface area contributed by atoms with E-state index in [9.17, 15) is 9.59 Å². The van der Waals surface area contributed by atoms with Crippen LogP contribution in [0.15, 0.2) is 24.3 Å². The van der Waals surface area contributed by atoms with Crippen LogP contribution in [0.5, 0.6) is 0 Å². The van der Waals surface area contributed by atoms with Crippen LogP contribution in [0.1, 0.15) is 31.7 Å². The smallest absolute Gasteiger partial charge is 0.319 e. The maximum absolute atomic E-state index is 11.8. The van der Waals surface area contributed by atoms with E-state index >= 15 is 0 Å². The van der Waals surface area contributed by atoms with Crippen LogP contribution in [0.25, 0.3) is 0 Å². The Morgan fingerprint density at radius 1 is 1.15 bits per heavy atom. The zero-order valence-electron chi connectivity index (χ0n) is 12.2. The monoisotopic (exact) mass is 277 g/mol. The number of urea groups is 1. The van der Waals surface area contributed by atoms with Gasteiger partial charge in [0.25, 0.3) is 0 Å². The van der Waals surface area contributed by atoms with E-state index < -0.39 is 0 Å². The Morgan fingerprint density at radius 2 is 1.90 bits per heavy atom. The minimum Gasteiger partial charge on any atom is -0.359 e. The molecule has 110 valence electrons. The summed E-state index contributed by atoms with van der Waals surface area (Å²) in [5.41, 5.74) is 1.47. The predicted molar refractivity (Wildman–Crippen MR) is 80.8 cm³/mol. The molecule has 1 rings (SSSR count). The average Bonchev–Trinajstić information content (AvgIpc) is 2.45. The normalized spacial score (nSPS) is 9.90. The fourth-order valence-corrected chi connectivity index (χ4v) is 1.80. The molecular formula is C15H23N3O2. The molecule has 0 spiro atoms. The van der Waals surface area contributed by atoms with Gasteiger partial charge in [0.05, 0.1) is 6.42 Å². The summed E-state index contributed by atoms with van der Waals surface area (Å²) < 4.78 is 0. The molecule has 0 unspecified atom stereocenters. The summed E-state index contributed by atoms with van der Waals surface area (Å²) >= 11 is 0. The highest BCUT2D eigenvalue weighted by molar-refractivity contribution is 5.91. The molecule has 20 heavy (non-hydrogen) atoms. The molecule has 0 fully saturated rings. The standard InChI is InChI=1S/C15H23N3O2/c1-3-4-7-10-17-15(20)18-13-9-6-5-8-12(13)11-14(19)16-2/h5-6,8-9H,3-4,7,10-11H2,1-2H3,(H,16,19)(H2,17,18,20). The van der Waals surface area contributed by atoms with Gasteiger partial charge in [0.15, 0.2) is 0 Å². The van der Waals surface area contributed by atoms with Crippen LogP contribution in [-0.2, 0) is 11.2 Å². The molecule has 0 saturated heterocycles. The van der Waals surface area contributed by atoms with Crippen LogP contribution in [-0.4, -0.2) is 25.5 Å². The lowest BCUT2D eigenvalue weighted by molar-refractivity contribution is -0.119. The molecule has 0 aliphatic rings. The molecule has 0 atom stereocenters. The van der Waals surface area contributed by atoms with Gasteiger partial charge in [0.2, 0.25) is 5.91 Å². The number of likely N-dealkylation sites (N-methyl/N-ethyl adjacent to an activating group) is 1. The summed E-state index contributed by atoms with van der Waals surface area (Å²) in [4.78, 5) is 23.2. The van der Waals surface area contributed by atoms with Gasteiger partial charge in [-0.05, 0) is 18.1 Å². The van der Waals surface area contributed by atoms with Crippen molar-refractivity contribution in [1.82, 2.24) is 10.6 Å². The molecule has 0 aliphatic carbocycles. The van der Waals surface area contributed by atoms with Crippen LogP contribution < -0.4 is 16.0 Å². The average molecular weight is 277 g/mol. The highest BCUT2D eigenvalue weighted by atomic mass is 16.2. The number of carbonyl (C=O) groups excluding carboxylic acids is 2. The van der Waals surface area contributed by atoms with Gasteiger partial charge in [0.1, 0.15) is 0 Å². The third kappa shape index (κ3) is 5.73.